The quantitative estimate of drug-likeness (QED) is 0.693. The Balaban J connectivity index is 0.000001000. The molecule has 0 saturated heterocycles. The smallest absolute Gasteiger partial charge is 0.0196 e. The molecular weight excluding hydrogens is 211 g/mol. The van der Waals surface area contributed by atoms with Gasteiger partial charge in [0.25, 0.3) is 0 Å². The minimum absolute atomic E-state index is 0. The van der Waals surface area contributed by atoms with Crippen molar-refractivity contribution in [2.75, 3.05) is 0 Å². The average molecular weight is 226 g/mol. The molecule has 0 nitrogen and oxygen atoms in total. The van der Waals surface area contributed by atoms with Gasteiger partial charge in [0.05, 0.1) is 0 Å². The third kappa shape index (κ3) is 4.06. The summed E-state index contributed by atoms with van der Waals surface area (Å²) in [5.74, 6) is 1.50. The van der Waals surface area contributed by atoms with Crippen molar-refractivity contribution in [3.05, 3.63) is 29.7 Å². The van der Waals surface area contributed by atoms with Crippen LogP contribution in [0.2, 0.25) is 0 Å². The van der Waals surface area contributed by atoms with E-state index in [1.807, 2.05) is 0 Å². The molecule has 0 atom stereocenters. The predicted octanol–water partition coefficient (Wildman–Crippen LogP) is 3.26. The van der Waals surface area contributed by atoms with Gasteiger partial charge in [-0.05, 0) is 13.3 Å². The summed E-state index contributed by atoms with van der Waals surface area (Å²) in [5.41, 5.74) is 1.39. The zero-order valence-corrected chi connectivity index (χ0v) is 9.81. The van der Waals surface area contributed by atoms with Gasteiger partial charge in [0.15, 0.2) is 0 Å². The van der Waals surface area contributed by atoms with Gasteiger partial charge in [-0.3, -0.25) is 0 Å². The minimum Gasteiger partial charge on any atom is -0.0731 e. The molecule has 0 saturated carbocycles. The number of unbranched alkanes of at least 4 members (excludes halogenated alkanes) is 1. The molecule has 0 aromatic rings. The van der Waals surface area contributed by atoms with Gasteiger partial charge >= 0.3 is 0 Å². The van der Waals surface area contributed by atoms with E-state index < -0.39 is 0 Å². The standard InChI is InChI=1S/C10H15.Zr/c1-3-4-5-10-7-6-9(2)8-10;/h6-8H,3-5H2,1-2H3;. The molecule has 1 aliphatic rings. The van der Waals surface area contributed by atoms with Crippen molar-refractivity contribution in [2.45, 2.75) is 33.1 Å². The molecule has 0 N–H and O–H groups in total. The van der Waals surface area contributed by atoms with Gasteiger partial charge < -0.3 is 0 Å². The predicted molar refractivity (Wildman–Crippen MR) is 45.7 cm³/mol. The van der Waals surface area contributed by atoms with E-state index >= 15 is 0 Å². The molecule has 59 valence electrons. The van der Waals surface area contributed by atoms with Crippen LogP contribution in [-0.4, -0.2) is 0 Å². The van der Waals surface area contributed by atoms with Crippen LogP contribution in [0.5, 0.6) is 0 Å². The van der Waals surface area contributed by atoms with Crippen LogP contribution in [0.1, 0.15) is 33.1 Å². The van der Waals surface area contributed by atoms with Crippen LogP contribution in [0.3, 0.4) is 0 Å². The fraction of sp³-hybridized carbons (Fsp3) is 0.500. The van der Waals surface area contributed by atoms with E-state index in [0.29, 0.717) is 0 Å². The molecule has 0 bridgehead atoms. The largest absolute Gasteiger partial charge is 0.0731 e. The van der Waals surface area contributed by atoms with Gasteiger partial charge in [0.1, 0.15) is 0 Å². The Morgan fingerprint density at radius 3 is 2.45 bits per heavy atom. The summed E-state index contributed by atoms with van der Waals surface area (Å²) < 4.78 is 0. The number of hydrogen-bond acceptors (Lipinski definition) is 0. The molecule has 1 rings (SSSR count). The Kier molecular flexibility index (Phi) is 6.14. The van der Waals surface area contributed by atoms with Crippen LogP contribution in [-0.2, 0) is 26.2 Å². The van der Waals surface area contributed by atoms with Crippen LogP contribution in [0.25, 0.3) is 0 Å². The molecule has 0 aromatic heterocycles. The fourth-order valence-corrected chi connectivity index (χ4v) is 1.16. The zero-order valence-electron chi connectivity index (χ0n) is 7.35. The van der Waals surface area contributed by atoms with E-state index in [4.69, 9.17) is 0 Å². The maximum Gasteiger partial charge on any atom is 0.0196 e. The van der Waals surface area contributed by atoms with Gasteiger partial charge in [-0.2, -0.15) is 0 Å². The van der Waals surface area contributed by atoms with Crippen molar-refractivity contribution in [1.29, 1.82) is 0 Å². The fourth-order valence-electron chi connectivity index (χ4n) is 1.16. The van der Waals surface area contributed by atoms with E-state index in [2.05, 4.69) is 32.1 Å². The minimum atomic E-state index is 0. The molecule has 0 aliphatic heterocycles. The van der Waals surface area contributed by atoms with E-state index in [9.17, 15) is 0 Å². The van der Waals surface area contributed by atoms with E-state index in [1.165, 1.54) is 30.8 Å². The summed E-state index contributed by atoms with van der Waals surface area (Å²) in [7, 11) is 0. The monoisotopic (exact) mass is 225 g/mol. The maximum absolute atomic E-state index is 2.27. The zero-order chi connectivity index (χ0) is 7.40. The van der Waals surface area contributed by atoms with Gasteiger partial charge in [0, 0.05) is 32.1 Å². The first-order valence-corrected chi connectivity index (χ1v) is 4.05. The molecule has 0 amide bonds. The normalized spacial score (nSPS) is 16.4. The molecule has 1 radical (unpaired) electrons. The van der Waals surface area contributed by atoms with Gasteiger partial charge in [-0.15, -0.1) is 0 Å². The Morgan fingerprint density at radius 2 is 2.00 bits per heavy atom. The average Bonchev–Trinajstić information content (AvgIpc) is 2.31. The van der Waals surface area contributed by atoms with Crippen molar-refractivity contribution in [3.8, 4) is 0 Å². The topological polar surface area (TPSA) is 0 Å². The van der Waals surface area contributed by atoms with Crippen molar-refractivity contribution in [1.82, 2.24) is 0 Å². The number of rotatable bonds is 3. The van der Waals surface area contributed by atoms with Crippen molar-refractivity contribution in [2.24, 2.45) is 0 Å². The SMILES string of the molecule is CCCC[C]1C=CC(C)=C1.[Zr]. The Labute approximate surface area is 88.9 Å². The maximum atomic E-state index is 2.27. The molecule has 0 unspecified atom stereocenters. The van der Waals surface area contributed by atoms with Gasteiger partial charge in [-0.1, -0.05) is 43.6 Å². The first-order chi connectivity index (χ1) is 4.83. The summed E-state index contributed by atoms with van der Waals surface area (Å²) in [5, 5.41) is 0. The molecule has 1 aliphatic carbocycles. The van der Waals surface area contributed by atoms with Gasteiger partial charge in [0.2, 0.25) is 0 Å². The van der Waals surface area contributed by atoms with E-state index in [-0.39, 0.29) is 26.2 Å². The second kappa shape index (κ2) is 5.94. The number of hydrogen-bond donors (Lipinski definition) is 0. The van der Waals surface area contributed by atoms with Crippen molar-refractivity contribution in [3.63, 3.8) is 0 Å². The van der Waals surface area contributed by atoms with Crippen molar-refractivity contribution >= 4 is 0 Å². The molecule has 0 fully saturated rings. The third-order valence-corrected chi connectivity index (χ3v) is 1.79. The molecular formula is C10H15Zr. The van der Waals surface area contributed by atoms with Crippen LogP contribution < -0.4 is 0 Å². The Morgan fingerprint density at radius 1 is 1.27 bits per heavy atom. The summed E-state index contributed by atoms with van der Waals surface area (Å²) in [6.07, 6.45) is 10.6. The van der Waals surface area contributed by atoms with E-state index in [0.717, 1.165) is 0 Å². The van der Waals surface area contributed by atoms with Crippen molar-refractivity contribution < 1.29 is 26.2 Å². The second-order valence-electron chi connectivity index (χ2n) is 2.90. The van der Waals surface area contributed by atoms with Crippen LogP contribution in [0.15, 0.2) is 23.8 Å². The first-order valence-electron chi connectivity index (χ1n) is 4.05. The summed E-state index contributed by atoms with van der Waals surface area (Å²) in [4.78, 5) is 0. The van der Waals surface area contributed by atoms with Crippen LogP contribution in [0, 0.1) is 5.92 Å². The van der Waals surface area contributed by atoms with Crippen LogP contribution in [0.4, 0.5) is 0 Å². The first kappa shape index (κ1) is 11.4. The molecule has 11 heavy (non-hydrogen) atoms. The Bertz CT molecular complexity index is 156. The van der Waals surface area contributed by atoms with Crippen LogP contribution >= 0.6 is 0 Å². The molecule has 1 heteroatoms. The second-order valence-corrected chi connectivity index (χ2v) is 2.90. The molecule has 0 heterocycles. The molecule has 0 aromatic carbocycles. The molecule has 0 spiro atoms. The van der Waals surface area contributed by atoms with E-state index in [1.54, 1.807) is 0 Å². The van der Waals surface area contributed by atoms with Gasteiger partial charge in [-0.25, -0.2) is 0 Å². The summed E-state index contributed by atoms with van der Waals surface area (Å²) in [6.45, 7) is 4.38. The third-order valence-electron chi connectivity index (χ3n) is 1.79. The Hall–Kier alpha value is 0.363. The summed E-state index contributed by atoms with van der Waals surface area (Å²) in [6, 6.07) is 0. The summed E-state index contributed by atoms with van der Waals surface area (Å²) >= 11 is 0. The number of allylic oxidation sites excluding steroid dienone is 4.